The zero-order valence-electron chi connectivity index (χ0n) is 11.5. The molecule has 0 N–H and O–H groups in total. The second kappa shape index (κ2) is 6.69. The normalized spacial score (nSPS) is 19.0. The number of carbonyl (C=O) groups is 1. The molecule has 1 saturated heterocycles. The van der Waals surface area contributed by atoms with Gasteiger partial charge in [0.05, 0.1) is 6.42 Å². The molecule has 1 fully saturated rings. The van der Waals surface area contributed by atoms with Crippen molar-refractivity contribution < 1.29 is 18.0 Å². The van der Waals surface area contributed by atoms with Crippen LogP contribution in [-0.4, -0.2) is 29.6 Å². The summed E-state index contributed by atoms with van der Waals surface area (Å²) in [4.78, 5) is 13.5. The van der Waals surface area contributed by atoms with Crippen LogP contribution in [-0.2, 0) is 11.2 Å². The summed E-state index contributed by atoms with van der Waals surface area (Å²) in [5.41, 5.74) is 0.930. The number of benzene rings is 1. The molecule has 21 heavy (non-hydrogen) atoms. The van der Waals surface area contributed by atoms with E-state index in [1.165, 1.54) is 0 Å². The highest BCUT2D eigenvalue weighted by atomic mass is 35.5. The lowest BCUT2D eigenvalue weighted by Crippen LogP contribution is -2.37. The van der Waals surface area contributed by atoms with Crippen LogP contribution < -0.4 is 0 Å². The molecule has 1 atom stereocenters. The van der Waals surface area contributed by atoms with E-state index in [9.17, 15) is 18.0 Å². The van der Waals surface area contributed by atoms with E-state index >= 15 is 0 Å². The van der Waals surface area contributed by atoms with Crippen LogP contribution in [0.25, 0.3) is 0 Å². The topological polar surface area (TPSA) is 20.3 Å². The van der Waals surface area contributed by atoms with Gasteiger partial charge in [-0.25, -0.2) is 0 Å². The zero-order valence-corrected chi connectivity index (χ0v) is 12.3. The Kier molecular flexibility index (Phi) is 5.14. The minimum Gasteiger partial charge on any atom is -0.339 e. The SMILES string of the molecule is O=C(CCC(F)(F)F)N1CCCC1Cc1ccccc1Cl. The van der Waals surface area contributed by atoms with Crippen molar-refractivity contribution in [3.63, 3.8) is 0 Å². The Morgan fingerprint density at radius 2 is 2.05 bits per heavy atom. The van der Waals surface area contributed by atoms with Crippen LogP contribution in [0.3, 0.4) is 0 Å². The van der Waals surface area contributed by atoms with Gasteiger partial charge < -0.3 is 4.90 Å². The molecule has 116 valence electrons. The summed E-state index contributed by atoms with van der Waals surface area (Å²) in [5.74, 6) is -0.415. The first-order valence-electron chi connectivity index (χ1n) is 6.96. The van der Waals surface area contributed by atoms with Gasteiger partial charge in [0.15, 0.2) is 0 Å². The standard InChI is InChI=1S/C15H17ClF3NO/c16-13-6-2-1-4-11(13)10-12-5-3-9-20(12)14(21)7-8-15(17,18)19/h1-2,4,6,12H,3,5,7-10H2. The quantitative estimate of drug-likeness (QED) is 0.814. The van der Waals surface area contributed by atoms with Crippen LogP contribution in [0.15, 0.2) is 24.3 Å². The van der Waals surface area contributed by atoms with Crippen LogP contribution in [0.1, 0.15) is 31.2 Å². The van der Waals surface area contributed by atoms with E-state index in [-0.39, 0.29) is 6.04 Å². The lowest BCUT2D eigenvalue weighted by atomic mass is 10.0. The monoisotopic (exact) mass is 319 g/mol. The van der Waals surface area contributed by atoms with Gasteiger partial charge in [0, 0.05) is 24.0 Å². The van der Waals surface area contributed by atoms with Crippen molar-refractivity contribution >= 4 is 17.5 Å². The molecule has 0 bridgehead atoms. The average Bonchev–Trinajstić information content (AvgIpc) is 2.86. The summed E-state index contributed by atoms with van der Waals surface area (Å²) in [6.07, 6.45) is -3.58. The number of amides is 1. The van der Waals surface area contributed by atoms with E-state index in [1.54, 1.807) is 11.0 Å². The lowest BCUT2D eigenvalue weighted by Gasteiger charge is -2.25. The van der Waals surface area contributed by atoms with Gasteiger partial charge in [0.25, 0.3) is 0 Å². The minimum absolute atomic E-state index is 0.0503. The average molecular weight is 320 g/mol. The largest absolute Gasteiger partial charge is 0.389 e. The van der Waals surface area contributed by atoms with Crippen molar-refractivity contribution in [3.8, 4) is 0 Å². The predicted molar refractivity (Wildman–Crippen MR) is 75.2 cm³/mol. The van der Waals surface area contributed by atoms with Crippen LogP contribution in [0.5, 0.6) is 0 Å². The molecule has 0 aromatic heterocycles. The van der Waals surface area contributed by atoms with Gasteiger partial charge in [-0.2, -0.15) is 13.2 Å². The molecule has 6 heteroatoms. The molecule has 0 saturated carbocycles. The van der Waals surface area contributed by atoms with Crippen LogP contribution in [0.2, 0.25) is 5.02 Å². The van der Waals surface area contributed by atoms with Crippen molar-refractivity contribution in [1.29, 1.82) is 0 Å². The Labute approximate surface area is 126 Å². The van der Waals surface area contributed by atoms with E-state index < -0.39 is 24.9 Å². The van der Waals surface area contributed by atoms with Gasteiger partial charge in [-0.1, -0.05) is 29.8 Å². The van der Waals surface area contributed by atoms with Gasteiger partial charge in [0.2, 0.25) is 5.91 Å². The summed E-state index contributed by atoms with van der Waals surface area (Å²) in [5, 5.41) is 0.632. The molecule has 2 rings (SSSR count). The summed E-state index contributed by atoms with van der Waals surface area (Å²) in [6.45, 7) is 0.534. The third kappa shape index (κ3) is 4.63. The molecular weight excluding hydrogens is 303 g/mol. The molecular formula is C15H17ClF3NO. The highest BCUT2D eigenvalue weighted by Crippen LogP contribution is 2.27. The van der Waals surface area contributed by atoms with E-state index in [0.717, 1.165) is 18.4 Å². The fourth-order valence-electron chi connectivity index (χ4n) is 2.69. The van der Waals surface area contributed by atoms with E-state index in [4.69, 9.17) is 11.6 Å². The number of halogens is 4. The Hall–Kier alpha value is -1.23. The van der Waals surface area contributed by atoms with Crippen LogP contribution in [0, 0.1) is 0 Å². The van der Waals surface area contributed by atoms with Gasteiger partial charge in [0.1, 0.15) is 0 Å². The molecule has 1 aromatic carbocycles. The number of hydrogen-bond donors (Lipinski definition) is 0. The summed E-state index contributed by atoms with van der Waals surface area (Å²) >= 11 is 6.10. The summed E-state index contributed by atoms with van der Waals surface area (Å²) in [7, 11) is 0. The Morgan fingerprint density at radius 1 is 1.33 bits per heavy atom. The van der Waals surface area contributed by atoms with Crippen LogP contribution >= 0.6 is 11.6 Å². The fraction of sp³-hybridized carbons (Fsp3) is 0.533. The summed E-state index contributed by atoms with van der Waals surface area (Å²) < 4.78 is 36.6. The first-order chi connectivity index (χ1) is 9.87. The zero-order chi connectivity index (χ0) is 15.5. The molecule has 0 radical (unpaired) electrons. The van der Waals surface area contributed by atoms with Gasteiger partial charge in [-0.3, -0.25) is 4.79 Å². The van der Waals surface area contributed by atoms with E-state index in [0.29, 0.717) is 18.0 Å². The number of carbonyl (C=O) groups excluding carboxylic acids is 1. The minimum atomic E-state index is -4.28. The number of nitrogens with zero attached hydrogens (tertiary/aromatic N) is 1. The third-order valence-electron chi connectivity index (χ3n) is 3.73. The predicted octanol–water partition coefficient (Wildman–Crippen LogP) is 4.22. The Morgan fingerprint density at radius 3 is 2.71 bits per heavy atom. The molecule has 1 aromatic rings. The van der Waals surface area contributed by atoms with Crippen molar-refractivity contribution in [1.82, 2.24) is 4.90 Å². The van der Waals surface area contributed by atoms with Gasteiger partial charge in [-0.05, 0) is 30.9 Å². The van der Waals surface area contributed by atoms with Crippen molar-refractivity contribution in [3.05, 3.63) is 34.9 Å². The number of hydrogen-bond acceptors (Lipinski definition) is 1. The van der Waals surface area contributed by atoms with Crippen LogP contribution in [0.4, 0.5) is 13.2 Å². The van der Waals surface area contributed by atoms with Crippen molar-refractivity contribution in [2.45, 2.75) is 44.3 Å². The smallest absolute Gasteiger partial charge is 0.339 e. The molecule has 1 unspecified atom stereocenters. The summed E-state index contributed by atoms with van der Waals surface area (Å²) in [6, 6.07) is 7.31. The van der Waals surface area contributed by atoms with Crippen molar-refractivity contribution in [2.75, 3.05) is 6.54 Å². The van der Waals surface area contributed by atoms with E-state index in [1.807, 2.05) is 18.2 Å². The first-order valence-corrected chi connectivity index (χ1v) is 7.34. The molecule has 0 spiro atoms. The van der Waals surface area contributed by atoms with E-state index in [2.05, 4.69) is 0 Å². The fourth-order valence-corrected chi connectivity index (χ4v) is 2.90. The number of likely N-dealkylation sites (tertiary alicyclic amines) is 1. The lowest BCUT2D eigenvalue weighted by molar-refractivity contribution is -0.149. The maximum Gasteiger partial charge on any atom is 0.389 e. The maximum atomic E-state index is 12.2. The second-order valence-electron chi connectivity index (χ2n) is 5.29. The van der Waals surface area contributed by atoms with Gasteiger partial charge in [-0.15, -0.1) is 0 Å². The molecule has 1 heterocycles. The molecule has 1 amide bonds. The Balaban J connectivity index is 1.97. The second-order valence-corrected chi connectivity index (χ2v) is 5.70. The van der Waals surface area contributed by atoms with Gasteiger partial charge >= 0.3 is 6.18 Å². The Bertz CT molecular complexity index is 504. The molecule has 1 aliphatic heterocycles. The molecule has 0 aliphatic carbocycles. The third-order valence-corrected chi connectivity index (χ3v) is 4.10. The van der Waals surface area contributed by atoms with Crippen molar-refractivity contribution in [2.24, 2.45) is 0 Å². The molecule has 1 aliphatic rings. The highest BCUT2D eigenvalue weighted by Gasteiger charge is 2.33. The molecule has 2 nitrogen and oxygen atoms in total. The number of rotatable bonds is 4. The maximum absolute atomic E-state index is 12.2. The first kappa shape index (κ1) is 16.1. The highest BCUT2D eigenvalue weighted by molar-refractivity contribution is 6.31. The number of alkyl halides is 3.